The molecule has 0 unspecified atom stereocenters. The molecule has 6 heteroatoms. The van der Waals surface area contributed by atoms with E-state index in [-0.39, 0.29) is 0 Å². The van der Waals surface area contributed by atoms with Crippen molar-refractivity contribution in [3.05, 3.63) is 51.7 Å². The van der Waals surface area contributed by atoms with Crippen LogP contribution < -0.4 is 4.74 Å². The lowest BCUT2D eigenvalue weighted by Gasteiger charge is -2.13. The number of halogens is 1. The summed E-state index contributed by atoms with van der Waals surface area (Å²) in [7, 11) is 0. The van der Waals surface area contributed by atoms with Gasteiger partial charge in [0.05, 0.1) is 11.8 Å². The van der Waals surface area contributed by atoms with Gasteiger partial charge in [-0.05, 0) is 25.1 Å². The molecule has 1 aromatic carbocycles. The van der Waals surface area contributed by atoms with Crippen molar-refractivity contribution in [2.24, 2.45) is 0 Å². The molecule has 104 valence electrons. The van der Waals surface area contributed by atoms with Gasteiger partial charge < -0.3 is 9.84 Å². The van der Waals surface area contributed by atoms with Crippen molar-refractivity contribution in [2.75, 3.05) is 0 Å². The van der Waals surface area contributed by atoms with Gasteiger partial charge in [-0.1, -0.05) is 15.9 Å². The number of hydrogen-bond acceptors (Lipinski definition) is 4. The summed E-state index contributed by atoms with van der Waals surface area (Å²) in [5.74, 6) is 0.680. The number of fused-ring (bicyclic) bond motifs is 1. The maximum atomic E-state index is 9.79. The molecule has 0 aliphatic carbocycles. The zero-order valence-corrected chi connectivity index (χ0v) is 13.2. The Hall–Kier alpha value is -1.37. The smallest absolute Gasteiger partial charge is 0.193 e. The van der Waals surface area contributed by atoms with Crippen LogP contribution in [-0.2, 0) is 6.61 Å². The van der Waals surface area contributed by atoms with E-state index in [0.717, 1.165) is 20.7 Å². The number of benzene rings is 1. The highest BCUT2D eigenvalue weighted by molar-refractivity contribution is 9.10. The summed E-state index contributed by atoms with van der Waals surface area (Å²) in [5, 5.41) is 11.8. The molecule has 3 aromatic rings. The standard InChI is InChI=1S/C14H13BrN2O2S/c1-9(18)12-6-10(15)2-3-13(12)19-8-11-7-17-4-5-20-14(17)16-11/h2-7,9,18H,8H2,1H3/t9-/m0/s1. The number of ether oxygens (including phenoxy) is 1. The highest BCUT2D eigenvalue weighted by atomic mass is 79.9. The minimum atomic E-state index is -0.576. The maximum Gasteiger partial charge on any atom is 0.193 e. The normalized spacial score (nSPS) is 12.8. The van der Waals surface area contributed by atoms with Crippen LogP contribution in [0.25, 0.3) is 4.96 Å². The molecule has 0 radical (unpaired) electrons. The zero-order valence-electron chi connectivity index (χ0n) is 10.8. The van der Waals surface area contributed by atoms with E-state index in [9.17, 15) is 5.11 Å². The van der Waals surface area contributed by atoms with Gasteiger partial charge in [0.1, 0.15) is 12.4 Å². The van der Waals surface area contributed by atoms with Crippen LogP contribution in [0.15, 0.2) is 40.4 Å². The molecule has 0 aliphatic rings. The Morgan fingerprint density at radius 1 is 1.50 bits per heavy atom. The quantitative estimate of drug-likeness (QED) is 0.776. The van der Waals surface area contributed by atoms with Crippen molar-refractivity contribution in [2.45, 2.75) is 19.6 Å². The number of rotatable bonds is 4. The predicted octanol–water partition coefficient (Wildman–Crippen LogP) is 3.79. The second kappa shape index (κ2) is 5.55. The molecule has 0 amide bonds. The lowest BCUT2D eigenvalue weighted by molar-refractivity contribution is 0.190. The molecule has 0 fully saturated rings. The largest absolute Gasteiger partial charge is 0.487 e. The van der Waals surface area contributed by atoms with Crippen molar-refractivity contribution in [1.29, 1.82) is 0 Å². The van der Waals surface area contributed by atoms with Crippen molar-refractivity contribution in [3.63, 3.8) is 0 Å². The lowest BCUT2D eigenvalue weighted by atomic mass is 10.1. The first-order valence-corrected chi connectivity index (χ1v) is 7.82. The van der Waals surface area contributed by atoms with E-state index in [1.165, 1.54) is 0 Å². The van der Waals surface area contributed by atoms with Crippen LogP contribution in [0.4, 0.5) is 0 Å². The fraction of sp³-hybridized carbons (Fsp3) is 0.214. The second-order valence-electron chi connectivity index (χ2n) is 4.47. The van der Waals surface area contributed by atoms with Crippen LogP contribution in [0.2, 0.25) is 0 Å². The molecule has 0 bridgehead atoms. The Kier molecular flexibility index (Phi) is 3.78. The third-order valence-electron chi connectivity index (χ3n) is 2.94. The number of hydrogen-bond donors (Lipinski definition) is 1. The first-order valence-electron chi connectivity index (χ1n) is 6.15. The molecular weight excluding hydrogens is 340 g/mol. The van der Waals surface area contributed by atoms with Gasteiger partial charge in [-0.2, -0.15) is 0 Å². The van der Waals surface area contributed by atoms with E-state index < -0.39 is 6.10 Å². The molecule has 3 rings (SSSR count). The summed E-state index contributed by atoms with van der Waals surface area (Å²) in [5.41, 5.74) is 1.64. The minimum absolute atomic E-state index is 0.385. The molecule has 0 aliphatic heterocycles. The van der Waals surface area contributed by atoms with Gasteiger partial charge in [0.15, 0.2) is 4.96 Å². The molecule has 20 heavy (non-hydrogen) atoms. The topological polar surface area (TPSA) is 46.8 Å². The minimum Gasteiger partial charge on any atom is -0.487 e. The van der Waals surface area contributed by atoms with Crippen molar-refractivity contribution in [3.8, 4) is 5.75 Å². The van der Waals surface area contributed by atoms with Crippen LogP contribution in [0.1, 0.15) is 24.3 Å². The van der Waals surface area contributed by atoms with Gasteiger partial charge in [0.25, 0.3) is 0 Å². The van der Waals surface area contributed by atoms with Gasteiger partial charge in [-0.15, -0.1) is 11.3 Å². The van der Waals surface area contributed by atoms with Gasteiger partial charge in [-0.3, -0.25) is 4.40 Å². The summed E-state index contributed by atoms with van der Waals surface area (Å²) >= 11 is 4.99. The van der Waals surface area contributed by atoms with Crippen LogP contribution >= 0.6 is 27.3 Å². The summed E-state index contributed by atoms with van der Waals surface area (Å²) in [6, 6.07) is 5.61. The molecule has 1 atom stereocenters. The number of imidazole rings is 1. The third-order valence-corrected chi connectivity index (χ3v) is 4.20. The monoisotopic (exact) mass is 352 g/mol. The average molecular weight is 353 g/mol. The van der Waals surface area contributed by atoms with Gasteiger partial charge in [0.2, 0.25) is 0 Å². The lowest BCUT2D eigenvalue weighted by Crippen LogP contribution is -2.01. The summed E-state index contributed by atoms with van der Waals surface area (Å²) in [4.78, 5) is 5.42. The molecule has 1 N–H and O–H groups in total. The Morgan fingerprint density at radius 2 is 2.35 bits per heavy atom. The Bertz CT molecular complexity index is 707. The van der Waals surface area contributed by atoms with Gasteiger partial charge in [-0.25, -0.2) is 4.98 Å². The fourth-order valence-electron chi connectivity index (χ4n) is 1.97. The summed E-state index contributed by atoms with van der Waals surface area (Å²) < 4.78 is 8.68. The van der Waals surface area contributed by atoms with E-state index in [1.54, 1.807) is 18.3 Å². The first-order chi connectivity index (χ1) is 9.63. The van der Waals surface area contributed by atoms with E-state index in [0.29, 0.717) is 12.4 Å². The average Bonchev–Trinajstić information content (AvgIpc) is 2.97. The molecule has 2 heterocycles. The summed E-state index contributed by atoms with van der Waals surface area (Å²) in [6.45, 7) is 2.11. The number of thiazole rings is 1. The SMILES string of the molecule is C[C@H](O)c1cc(Br)ccc1OCc1cn2ccsc2n1. The Labute approximate surface area is 128 Å². The fourth-order valence-corrected chi connectivity index (χ4v) is 3.07. The highest BCUT2D eigenvalue weighted by Gasteiger charge is 2.11. The van der Waals surface area contributed by atoms with E-state index in [4.69, 9.17) is 4.74 Å². The van der Waals surface area contributed by atoms with Crippen LogP contribution in [0.5, 0.6) is 5.75 Å². The highest BCUT2D eigenvalue weighted by Crippen LogP contribution is 2.29. The number of aliphatic hydroxyl groups excluding tert-OH is 1. The van der Waals surface area contributed by atoms with E-state index >= 15 is 0 Å². The number of aliphatic hydroxyl groups is 1. The molecule has 4 nitrogen and oxygen atoms in total. The van der Waals surface area contributed by atoms with Crippen molar-refractivity contribution in [1.82, 2.24) is 9.38 Å². The third kappa shape index (κ3) is 2.72. The second-order valence-corrected chi connectivity index (χ2v) is 6.26. The molecule has 0 saturated heterocycles. The Balaban J connectivity index is 1.79. The number of aromatic nitrogens is 2. The molecule has 0 saturated carbocycles. The van der Waals surface area contributed by atoms with Crippen LogP contribution in [0, 0.1) is 0 Å². The van der Waals surface area contributed by atoms with E-state index in [1.807, 2.05) is 40.4 Å². The predicted molar refractivity (Wildman–Crippen MR) is 82.2 cm³/mol. The summed E-state index contributed by atoms with van der Waals surface area (Å²) in [6.07, 6.45) is 3.34. The van der Waals surface area contributed by atoms with Gasteiger partial charge >= 0.3 is 0 Å². The van der Waals surface area contributed by atoms with Crippen LogP contribution in [0.3, 0.4) is 0 Å². The Morgan fingerprint density at radius 3 is 3.10 bits per heavy atom. The number of nitrogens with zero attached hydrogens (tertiary/aromatic N) is 2. The molecule has 0 spiro atoms. The molecular formula is C14H13BrN2O2S. The van der Waals surface area contributed by atoms with Gasteiger partial charge in [0, 0.05) is 27.8 Å². The van der Waals surface area contributed by atoms with Crippen molar-refractivity contribution >= 4 is 32.2 Å². The zero-order chi connectivity index (χ0) is 14.1. The maximum absolute atomic E-state index is 9.79. The first kappa shape index (κ1) is 13.6. The molecule has 2 aromatic heterocycles. The van der Waals surface area contributed by atoms with E-state index in [2.05, 4.69) is 20.9 Å². The van der Waals surface area contributed by atoms with Crippen molar-refractivity contribution < 1.29 is 9.84 Å². The van der Waals surface area contributed by atoms with Crippen LogP contribution in [-0.4, -0.2) is 14.5 Å².